The summed E-state index contributed by atoms with van der Waals surface area (Å²) in [6.45, 7) is 5.04. The Labute approximate surface area is 188 Å². The molecule has 2 amide bonds. The lowest BCUT2D eigenvalue weighted by Gasteiger charge is -2.34. The van der Waals surface area contributed by atoms with Gasteiger partial charge in [0.25, 0.3) is 5.91 Å². The van der Waals surface area contributed by atoms with Crippen molar-refractivity contribution in [3.05, 3.63) is 59.5 Å². The molecule has 10 heteroatoms. The van der Waals surface area contributed by atoms with E-state index < -0.39 is 0 Å². The van der Waals surface area contributed by atoms with E-state index in [9.17, 15) is 9.59 Å². The van der Waals surface area contributed by atoms with Crippen LogP contribution in [0, 0.1) is 6.92 Å². The van der Waals surface area contributed by atoms with Crippen LogP contribution in [0.4, 0.5) is 5.13 Å². The molecule has 1 N–H and O–H groups in total. The van der Waals surface area contributed by atoms with Gasteiger partial charge in [-0.3, -0.25) is 9.59 Å². The normalized spacial score (nSPS) is 14.0. The Bertz CT molecular complexity index is 1030. The standard InChI is InChI=1S/C21H23N5O3S2/c1-15-5-2-3-7-17(15)19(28)25-8-10-26(11-9-25)20-23-24-21(31-20)30-14-18(27)22-13-16-6-4-12-29-16/h2-7,12H,8-11,13-14H2,1H3,(H,22,27). The third kappa shape index (κ3) is 5.45. The van der Waals surface area contributed by atoms with Crippen molar-refractivity contribution in [1.82, 2.24) is 20.4 Å². The lowest BCUT2D eigenvalue weighted by atomic mass is 10.1. The van der Waals surface area contributed by atoms with Gasteiger partial charge in [0.15, 0.2) is 4.34 Å². The van der Waals surface area contributed by atoms with Gasteiger partial charge in [-0.1, -0.05) is 41.3 Å². The number of nitrogens with zero attached hydrogens (tertiary/aromatic N) is 4. The van der Waals surface area contributed by atoms with Crippen molar-refractivity contribution < 1.29 is 14.0 Å². The predicted molar refractivity (Wildman–Crippen MR) is 120 cm³/mol. The SMILES string of the molecule is Cc1ccccc1C(=O)N1CCN(c2nnc(SCC(=O)NCc3ccco3)s2)CC1. The third-order valence-electron chi connectivity index (χ3n) is 4.98. The minimum absolute atomic E-state index is 0.0758. The first kappa shape index (κ1) is 21.4. The zero-order valence-electron chi connectivity index (χ0n) is 17.1. The highest BCUT2D eigenvalue weighted by molar-refractivity contribution is 8.01. The number of carbonyl (C=O) groups excluding carboxylic acids is 2. The van der Waals surface area contributed by atoms with Crippen molar-refractivity contribution in [2.75, 3.05) is 36.8 Å². The summed E-state index contributed by atoms with van der Waals surface area (Å²) in [6.07, 6.45) is 1.58. The number of furan rings is 1. The second kappa shape index (κ2) is 9.97. The first-order valence-corrected chi connectivity index (χ1v) is 11.8. The fraction of sp³-hybridized carbons (Fsp3) is 0.333. The van der Waals surface area contributed by atoms with Gasteiger partial charge in [0, 0.05) is 31.7 Å². The first-order chi connectivity index (χ1) is 15.1. The quantitative estimate of drug-likeness (QED) is 0.546. The Balaban J connectivity index is 1.24. The number of aromatic nitrogens is 2. The van der Waals surface area contributed by atoms with Crippen LogP contribution in [-0.4, -0.2) is 58.8 Å². The fourth-order valence-corrected chi connectivity index (χ4v) is 4.97. The number of rotatable bonds is 7. The van der Waals surface area contributed by atoms with E-state index in [1.807, 2.05) is 42.2 Å². The maximum absolute atomic E-state index is 12.8. The van der Waals surface area contributed by atoms with E-state index in [0.29, 0.717) is 32.7 Å². The number of thioether (sulfide) groups is 1. The van der Waals surface area contributed by atoms with Gasteiger partial charge in [-0.2, -0.15) is 0 Å². The maximum atomic E-state index is 12.8. The van der Waals surface area contributed by atoms with Crippen LogP contribution in [0.3, 0.4) is 0 Å². The summed E-state index contributed by atoms with van der Waals surface area (Å²) in [7, 11) is 0. The minimum Gasteiger partial charge on any atom is -0.467 e. The molecule has 162 valence electrons. The van der Waals surface area contributed by atoms with Crippen LogP contribution in [0.1, 0.15) is 21.7 Å². The number of nitrogens with one attached hydrogen (secondary N) is 1. The number of aryl methyl sites for hydroxylation is 1. The Morgan fingerprint density at radius 3 is 2.68 bits per heavy atom. The van der Waals surface area contributed by atoms with Crippen LogP contribution < -0.4 is 10.2 Å². The van der Waals surface area contributed by atoms with Crippen molar-refractivity contribution in [3.63, 3.8) is 0 Å². The van der Waals surface area contributed by atoms with E-state index in [2.05, 4.69) is 20.4 Å². The molecule has 0 radical (unpaired) electrons. The van der Waals surface area contributed by atoms with Gasteiger partial charge in [0.2, 0.25) is 11.0 Å². The van der Waals surface area contributed by atoms with Crippen LogP contribution >= 0.6 is 23.1 Å². The number of hydrogen-bond acceptors (Lipinski definition) is 8. The van der Waals surface area contributed by atoms with Crippen molar-refractivity contribution in [2.45, 2.75) is 17.8 Å². The molecule has 0 saturated carbocycles. The average Bonchev–Trinajstić information content (AvgIpc) is 3.48. The molecule has 0 unspecified atom stereocenters. The molecule has 0 atom stereocenters. The van der Waals surface area contributed by atoms with Crippen LogP contribution in [0.25, 0.3) is 0 Å². The molecule has 1 fully saturated rings. The van der Waals surface area contributed by atoms with E-state index in [0.717, 1.165) is 26.4 Å². The Hall–Kier alpha value is -2.85. The van der Waals surface area contributed by atoms with Crippen LogP contribution in [0.15, 0.2) is 51.4 Å². The van der Waals surface area contributed by atoms with Gasteiger partial charge in [0.1, 0.15) is 5.76 Å². The molecule has 8 nitrogen and oxygen atoms in total. The number of piperazine rings is 1. The molecule has 1 aliphatic rings. The van der Waals surface area contributed by atoms with Gasteiger partial charge in [-0.25, -0.2) is 0 Å². The molecule has 1 aromatic carbocycles. The molecule has 1 aliphatic heterocycles. The molecule has 0 spiro atoms. The second-order valence-corrected chi connectivity index (χ2v) is 9.27. The van der Waals surface area contributed by atoms with E-state index in [-0.39, 0.29) is 17.6 Å². The fourth-order valence-electron chi connectivity index (χ4n) is 3.25. The largest absolute Gasteiger partial charge is 0.467 e. The highest BCUT2D eigenvalue weighted by Gasteiger charge is 2.25. The van der Waals surface area contributed by atoms with Crippen LogP contribution in [0.2, 0.25) is 0 Å². The molecular formula is C21H23N5O3S2. The highest BCUT2D eigenvalue weighted by Crippen LogP contribution is 2.28. The topological polar surface area (TPSA) is 91.6 Å². The monoisotopic (exact) mass is 457 g/mol. The van der Waals surface area contributed by atoms with Crippen molar-refractivity contribution in [1.29, 1.82) is 0 Å². The predicted octanol–water partition coefficient (Wildman–Crippen LogP) is 2.81. The maximum Gasteiger partial charge on any atom is 0.254 e. The van der Waals surface area contributed by atoms with Crippen LogP contribution in [0.5, 0.6) is 0 Å². The summed E-state index contributed by atoms with van der Waals surface area (Å²) in [5, 5.41) is 12.1. The highest BCUT2D eigenvalue weighted by atomic mass is 32.2. The van der Waals surface area contributed by atoms with E-state index in [4.69, 9.17) is 4.42 Å². The van der Waals surface area contributed by atoms with E-state index >= 15 is 0 Å². The number of anilines is 1. The summed E-state index contributed by atoms with van der Waals surface area (Å²) in [6, 6.07) is 11.3. The Morgan fingerprint density at radius 2 is 1.94 bits per heavy atom. The van der Waals surface area contributed by atoms with Gasteiger partial charge in [0.05, 0.1) is 18.6 Å². The van der Waals surface area contributed by atoms with Crippen molar-refractivity contribution in [2.24, 2.45) is 0 Å². The number of benzene rings is 1. The lowest BCUT2D eigenvalue weighted by molar-refractivity contribution is -0.118. The summed E-state index contributed by atoms with van der Waals surface area (Å²) >= 11 is 2.84. The Morgan fingerprint density at radius 1 is 1.13 bits per heavy atom. The summed E-state index contributed by atoms with van der Waals surface area (Å²) in [4.78, 5) is 28.8. The van der Waals surface area contributed by atoms with Gasteiger partial charge < -0.3 is 19.5 Å². The van der Waals surface area contributed by atoms with Gasteiger partial charge in [-0.05, 0) is 30.7 Å². The molecule has 3 aromatic rings. The number of carbonyl (C=O) groups is 2. The van der Waals surface area contributed by atoms with Gasteiger partial charge in [-0.15, -0.1) is 10.2 Å². The molecule has 1 saturated heterocycles. The van der Waals surface area contributed by atoms with Crippen molar-refractivity contribution in [3.8, 4) is 0 Å². The number of hydrogen-bond donors (Lipinski definition) is 1. The molecular weight excluding hydrogens is 434 g/mol. The first-order valence-electron chi connectivity index (χ1n) is 9.95. The summed E-state index contributed by atoms with van der Waals surface area (Å²) in [5.41, 5.74) is 1.75. The smallest absolute Gasteiger partial charge is 0.254 e. The van der Waals surface area contributed by atoms with E-state index in [1.54, 1.807) is 12.3 Å². The van der Waals surface area contributed by atoms with Crippen molar-refractivity contribution >= 4 is 40.0 Å². The van der Waals surface area contributed by atoms with Gasteiger partial charge >= 0.3 is 0 Å². The molecule has 3 heterocycles. The molecule has 31 heavy (non-hydrogen) atoms. The third-order valence-corrected chi connectivity index (χ3v) is 7.09. The average molecular weight is 458 g/mol. The summed E-state index contributed by atoms with van der Waals surface area (Å²) < 4.78 is 5.95. The molecule has 0 aliphatic carbocycles. The van der Waals surface area contributed by atoms with E-state index in [1.165, 1.54) is 23.1 Å². The molecule has 2 aromatic heterocycles. The lowest BCUT2D eigenvalue weighted by Crippen LogP contribution is -2.48. The number of amides is 2. The zero-order chi connectivity index (χ0) is 21.6. The molecule has 4 rings (SSSR count). The Kier molecular flexibility index (Phi) is 6.88. The van der Waals surface area contributed by atoms with Crippen LogP contribution in [-0.2, 0) is 11.3 Å². The minimum atomic E-state index is -0.0820. The molecule has 0 bridgehead atoms. The second-order valence-electron chi connectivity index (χ2n) is 7.09. The zero-order valence-corrected chi connectivity index (χ0v) is 18.7. The summed E-state index contributed by atoms with van der Waals surface area (Å²) in [5.74, 6) is 0.985.